The lowest BCUT2D eigenvalue weighted by atomic mass is 10.1. The number of hydrogen-bond donors (Lipinski definition) is 0. The summed E-state index contributed by atoms with van der Waals surface area (Å²) in [5, 5.41) is 0.728. The van der Waals surface area contributed by atoms with Gasteiger partial charge in [0.15, 0.2) is 0 Å². The number of benzene rings is 1. The van der Waals surface area contributed by atoms with Gasteiger partial charge in [-0.15, -0.1) is 0 Å². The molecule has 2 rings (SSSR count). The molecule has 1 aromatic heterocycles. The maximum Gasteiger partial charge on any atom is 0.426 e. The van der Waals surface area contributed by atoms with E-state index in [0.29, 0.717) is 5.52 Å². The van der Waals surface area contributed by atoms with Crippen molar-refractivity contribution >= 4 is 10.9 Å². The van der Waals surface area contributed by atoms with Gasteiger partial charge >= 0.3 is 12.4 Å². The van der Waals surface area contributed by atoms with Crippen LogP contribution in [0.5, 0.6) is 5.75 Å². The molecule has 0 aliphatic carbocycles. The lowest BCUT2D eigenvalue weighted by Crippen LogP contribution is -2.56. The van der Waals surface area contributed by atoms with Crippen LogP contribution in [0.15, 0.2) is 36.5 Å². The van der Waals surface area contributed by atoms with Gasteiger partial charge in [-0.05, 0) is 19.1 Å². The quantitative estimate of drug-likeness (QED) is 0.585. The van der Waals surface area contributed by atoms with Crippen molar-refractivity contribution in [1.82, 2.24) is 4.98 Å². The number of hydrogen-bond acceptors (Lipinski definition) is 3. The van der Waals surface area contributed by atoms with Crippen LogP contribution in [0, 0.1) is 0 Å². The van der Waals surface area contributed by atoms with Crippen LogP contribution in [0.25, 0.3) is 10.9 Å². The summed E-state index contributed by atoms with van der Waals surface area (Å²) in [6.07, 6.45) is -9.69. The van der Waals surface area contributed by atoms with Crippen molar-refractivity contribution in [3.05, 3.63) is 36.5 Å². The Morgan fingerprint density at radius 1 is 0.917 bits per heavy atom. The van der Waals surface area contributed by atoms with Gasteiger partial charge < -0.3 is 9.47 Å². The average Bonchev–Trinajstić information content (AvgIpc) is 2.49. The average molecular weight is 353 g/mol. The fraction of sp³-hybridized carbons (Fsp3) is 0.400. The predicted molar refractivity (Wildman–Crippen MR) is 73.7 cm³/mol. The van der Waals surface area contributed by atoms with E-state index < -0.39 is 31.2 Å². The zero-order valence-electron chi connectivity index (χ0n) is 12.4. The Bertz CT molecular complexity index is 679. The first-order valence-electron chi connectivity index (χ1n) is 6.80. The van der Waals surface area contributed by atoms with Crippen molar-refractivity contribution in [1.29, 1.82) is 0 Å². The van der Waals surface area contributed by atoms with E-state index in [1.807, 2.05) is 0 Å². The minimum absolute atomic E-state index is 0.0491. The Morgan fingerprint density at radius 2 is 1.54 bits per heavy atom. The molecule has 2 aromatic rings. The van der Waals surface area contributed by atoms with Gasteiger partial charge in [-0.1, -0.05) is 18.2 Å². The highest BCUT2D eigenvalue weighted by molar-refractivity contribution is 5.84. The number of nitrogens with zero attached hydrogens (tertiary/aromatic N) is 1. The molecule has 9 heteroatoms. The molecule has 0 amide bonds. The van der Waals surface area contributed by atoms with Gasteiger partial charge in [0.25, 0.3) is 5.60 Å². The number of alkyl halides is 6. The molecule has 3 nitrogen and oxygen atoms in total. The maximum absolute atomic E-state index is 12.7. The van der Waals surface area contributed by atoms with Crippen LogP contribution in [0.3, 0.4) is 0 Å². The number of para-hydroxylation sites is 1. The topological polar surface area (TPSA) is 31.4 Å². The Morgan fingerprint density at radius 3 is 2.17 bits per heavy atom. The normalized spacial score (nSPS) is 13.3. The summed E-state index contributed by atoms with van der Waals surface area (Å²) < 4.78 is 85.3. The van der Waals surface area contributed by atoms with E-state index in [2.05, 4.69) is 9.72 Å². The number of rotatable bonds is 5. The third kappa shape index (κ3) is 3.55. The Labute approximate surface area is 133 Å². The molecule has 0 saturated heterocycles. The lowest BCUT2D eigenvalue weighted by molar-refractivity contribution is -0.374. The van der Waals surface area contributed by atoms with Crippen LogP contribution in [0.4, 0.5) is 26.3 Å². The fourth-order valence-electron chi connectivity index (χ4n) is 1.91. The molecule has 0 radical (unpaired) electrons. The molecule has 0 N–H and O–H groups in total. The minimum Gasteiger partial charge on any atom is -0.489 e. The predicted octanol–water partition coefficient (Wildman–Crippen LogP) is 4.51. The van der Waals surface area contributed by atoms with Gasteiger partial charge in [0.1, 0.15) is 17.9 Å². The molecule has 132 valence electrons. The Kier molecular flexibility index (Phi) is 4.93. The first-order chi connectivity index (χ1) is 11.1. The molecule has 1 heterocycles. The maximum atomic E-state index is 12.7. The Balaban J connectivity index is 2.03. The molecular weight excluding hydrogens is 340 g/mol. The number of aromatic nitrogens is 1. The third-order valence-corrected chi connectivity index (χ3v) is 3.41. The highest BCUT2D eigenvalue weighted by atomic mass is 19.4. The number of fused-ring (bicyclic) bond motifs is 1. The van der Waals surface area contributed by atoms with Gasteiger partial charge in [-0.2, -0.15) is 26.3 Å². The molecule has 0 aliphatic rings. The van der Waals surface area contributed by atoms with E-state index in [1.165, 1.54) is 12.3 Å². The molecule has 0 saturated carbocycles. The highest BCUT2D eigenvalue weighted by Gasteiger charge is 2.69. The summed E-state index contributed by atoms with van der Waals surface area (Å²) in [4.78, 5) is 4.06. The van der Waals surface area contributed by atoms with Crippen molar-refractivity contribution in [3.8, 4) is 5.75 Å². The fourth-order valence-corrected chi connectivity index (χ4v) is 1.91. The largest absolute Gasteiger partial charge is 0.489 e. The zero-order valence-corrected chi connectivity index (χ0v) is 12.4. The van der Waals surface area contributed by atoms with E-state index in [0.717, 1.165) is 5.39 Å². The van der Waals surface area contributed by atoms with Crippen LogP contribution in [0.2, 0.25) is 0 Å². The summed E-state index contributed by atoms with van der Waals surface area (Å²) in [5.74, 6) is 0.248. The van der Waals surface area contributed by atoms with E-state index in [1.54, 1.807) is 24.3 Å². The van der Waals surface area contributed by atoms with Gasteiger partial charge in [-0.3, -0.25) is 4.98 Å². The molecule has 1 aromatic carbocycles. The number of pyridine rings is 1. The van der Waals surface area contributed by atoms with Crippen LogP contribution in [-0.2, 0) is 4.74 Å². The second kappa shape index (κ2) is 6.46. The second-order valence-corrected chi connectivity index (χ2v) is 5.06. The van der Waals surface area contributed by atoms with Crippen LogP contribution >= 0.6 is 0 Å². The van der Waals surface area contributed by atoms with Gasteiger partial charge in [0.2, 0.25) is 0 Å². The molecule has 0 unspecified atom stereocenters. The molecular formula is C15H13F6NO2. The highest BCUT2D eigenvalue weighted by Crippen LogP contribution is 2.45. The standard InChI is InChI=1S/C15H13F6NO2/c1-13(14(16,17)18,15(19,20)21)24-9-8-23-11-6-2-4-10-5-3-7-22-12(10)11/h2-7H,8-9H2,1H3. The summed E-state index contributed by atoms with van der Waals surface area (Å²) in [5.41, 5.74) is -3.80. The molecule has 0 fully saturated rings. The second-order valence-electron chi connectivity index (χ2n) is 5.06. The van der Waals surface area contributed by atoms with Crippen molar-refractivity contribution in [3.63, 3.8) is 0 Å². The summed E-state index contributed by atoms with van der Waals surface area (Å²) >= 11 is 0. The lowest BCUT2D eigenvalue weighted by Gasteiger charge is -2.33. The van der Waals surface area contributed by atoms with E-state index in [-0.39, 0.29) is 12.7 Å². The molecule has 0 aliphatic heterocycles. The van der Waals surface area contributed by atoms with Crippen LogP contribution in [0.1, 0.15) is 6.92 Å². The first kappa shape index (κ1) is 18.3. The van der Waals surface area contributed by atoms with Gasteiger partial charge in [-0.25, -0.2) is 0 Å². The Hall–Kier alpha value is -2.03. The van der Waals surface area contributed by atoms with Crippen LogP contribution in [-0.4, -0.2) is 36.2 Å². The van der Waals surface area contributed by atoms with Gasteiger partial charge in [0, 0.05) is 11.6 Å². The van der Waals surface area contributed by atoms with E-state index in [9.17, 15) is 26.3 Å². The SMILES string of the molecule is CC(OCCOc1cccc2cccnc12)(C(F)(F)F)C(F)(F)F. The van der Waals surface area contributed by atoms with Gasteiger partial charge in [0.05, 0.1) is 6.61 Å². The molecule has 0 atom stereocenters. The third-order valence-electron chi connectivity index (χ3n) is 3.41. The smallest absolute Gasteiger partial charge is 0.426 e. The van der Waals surface area contributed by atoms with E-state index >= 15 is 0 Å². The molecule has 0 spiro atoms. The molecule has 0 bridgehead atoms. The summed E-state index contributed by atoms with van der Waals surface area (Å²) in [6.45, 7) is -1.43. The van der Waals surface area contributed by atoms with Crippen molar-refractivity contribution in [2.24, 2.45) is 0 Å². The molecule has 24 heavy (non-hydrogen) atoms. The van der Waals surface area contributed by atoms with E-state index in [4.69, 9.17) is 4.74 Å². The zero-order chi connectivity index (χ0) is 18.0. The summed E-state index contributed by atoms with van der Waals surface area (Å²) in [7, 11) is 0. The number of ether oxygens (including phenoxy) is 2. The van der Waals surface area contributed by atoms with Crippen LogP contribution < -0.4 is 4.74 Å². The van der Waals surface area contributed by atoms with Crippen molar-refractivity contribution in [2.45, 2.75) is 24.9 Å². The minimum atomic E-state index is -5.59. The monoisotopic (exact) mass is 353 g/mol. The first-order valence-corrected chi connectivity index (χ1v) is 6.80. The summed E-state index contributed by atoms with van der Waals surface area (Å²) in [6, 6.07) is 8.33. The van der Waals surface area contributed by atoms with Crippen molar-refractivity contribution < 1.29 is 35.8 Å². The van der Waals surface area contributed by atoms with Crippen molar-refractivity contribution in [2.75, 3.05) is 13.2 Å². The number of halogens is 6.